The maximum absolute atomic E-state index is 11.9. The molecule has 0 unspecified atom stereocenters. The minimum Gasteiger partial charge on any atom is -0.481 e. The standard InChI is InChI=1S/C15H22N2O3/c1-15(2,3)13(16)14(20)17-9-11-7-5-4-6-10(11)8-12(18)19/h4-7,13H,8-9,16H2,1-3H3,(H,17,20)(H,18,19)/t13-/m0/s1. The van der Waals surface area contributed by atoms with Crippen molar-refractivity contribution in [2.75, 3.05) is 0 Å². The maximum atomic E-state index is 11.9. The van der Waals surface area contributed by atoms with Gasteiger partial charge in [-0.05, 0) is 16.5 Å². The number of hydrogen-bond donors (Lipinski definition) is 3. The van der Waals surface area contributed by atoms with E-state index >= 15 is 0 Å². The number of hydrogen-bond acceptors (Lipinski definition) is 3. The molecule has 0 spiro atoms. The van der Waals surface area contributed by atoms with E-state index < -0.39 is 12.0 Å². The van der Waals surface area contributed by atoms with Crippen LogP contribution in [0, 0.1) is 5.41 Å². The van der Waals surface area contributed by atoms with Crippen LogP contribution in [0.1, 0.15) is 31.9 Å². The van der Waals surface area contributed by atoms with Gasteiger partial charge in [0.15, 0.2) is 0 Å². The van der Waals surface area contributed by atoms with Crippen LogP contribution in [0.2, 0.25) is 0 Å². The van der Waals surface area contributed by atoms with Gasteiger partial charge < -0.3 is 16.2 Å². The van der Waals surface area contributed by atoms with E-state index in [1.165, 1.54) is 0 Å². The third-order valence-corrected chi connectivity index (χ3v) is 3.13. The molecule has 0 fully saturated rings. The Balaban J connectivity index is 2.71. The fourth-order valence-corrected chi connectivity index (χ4v) is 1.75. The lowest BCUT2D eigenvalue weighted by Gasteiger charge is -2.26. The van der Waals surface area contributed by atoms with Gasteiger partial charge in [0.1, 0.15) is 0 Å². The van der Waals surface area contributed by atoms with Gasteiger partial charge in [0, 0.05) is 6.54 Å². The molecule has 0 radical (unpaired) electrons. The first kappa shape index (κ1) is 16.2. The van der Waals surface area contributed by atoms with Crippen LogP contribution in [0.3, 0.4) is 0 Å². The number of carbonyl (C=O) groups excluding carboxylic acids is 1. The Labute approximate surface area is 119 Å². The van der Waals surface area contributed by atoms with Crippen molar-refractivity contribution >= 4 is 11.9 Å². The number of rotatable bonds is 5. The SMILES string of the molecule is CC(C)(C)[C@@H](N)C(=O)NCc1ccccc1CC(=O)O. The minimum absolute atomic E-state index is 0.0582. The second-order valence-corrected chi connectivity index (χ2v) is 5.90. The van der Waals surface area contributed by atoms with Gasteiger partial charge in [0.25, 0.3) is 0 Å². The van der Waals surface area contributed by atoms with E-state index in [1.54, 1.807) is 18.2 Å². The molecule has 0 saturated carbocycles. The van der Waals surface area contributed by atoms with Crippen LogP contribution in [0.4, 0.5) is 0 Å². The summed E-state index contributed by atoms with van der Waals surface area (Å²) >= 11 is 0. The lowest BCUT2D eigenvalue weighted by Crippen LogP contribution is -2.48. The molecule has 0 bridgehead atoms. The van der Waals surface area contributed by atoms with Crippen LogP contribution in [0.25, 0.3) is 0 Å². The van der Waals surface area contributed by atoms with E-state index in [4.69, 9.17) is 10.8 Å². The van der Waals surface area contributed by atoms with E-state index in [0.717, 1.165) is 5.56 Å². The molecule has 1 aromatic carbocycles. The van der Waals surface area contributed by atoms with Crippen molar-refractivity contribution in [1.82, 2.24) is 5.32 Å². The molecular weight excluding hydrogens is 256 g/mol. The summed E-state index contributed by atoms with van der Waals surface area (Å²) in [5.74, 6) is -1.13. The smallest absolute Gasteiger partial charge is 0.307 e. The van der Waals surface area contributed by atoms with Crippen molar-refractivity contribution in [3.63, 3.8) is 0 Å². The van der Waals surface area contributed by atoms with Gasteiger partial charge in [0.2, 0.25) is 5.91 Å². The van der Waals surface area contributed by atoms with Crippen molar-refractivity contribution < 1.29 is 14.7 Å². The molecule has 1 amide bonds. The minimum atomic E-state index is -0.893. The van der Waals surface area contributed by atoms with Gasteiger partial charge in [-0.2, -0.15) is 0 Å². The van der Waals surface area contributed by atoms with Gasteiger partial charge >= 0.3 is 5.97 Å². The summed E-state index contributed by atoms with van der Waals surface area (Å²) in [6.45, 7) is 5.98. The first-order chi connectivity index (χ1) is 9.21. The fraction of sp³-hybridized carbons (Fsp3) is 0.467. The maximum Gasteiger partial charge on any atom is 0.307 e. The predicted molar refractivity (Wildman–Crippen MR) is 77.1 cm³/mol. The normalized spacial score (nSPS) is 12.8. The van der Waals surface area contributed by atoms with Crippen molar-refractivity contribution in [2.24, 2.45) is 11.1 Å². The van der Waals surface area contributed by atoms with E-state index in [9.17, 15) is 9.59 Å². The second kappa shape index (κ2) is 6.52. The zero-order valence-corrected chi connectivity index (χ0v) is 12.1. The van der Waals surface area contributed by atoms with Crippen LogP contribution in [-0.2, 0) is 22.6 Å². The highest BCUT2D eigenvalue weighted by Gasteiger charge is 2.27. The topological polar surface area (TPSA) is 92.4 Å². The summed E-state index contributed by atoms with van der Waals surface area (Å²) < 4.78 is 0. The lowest BCUT2D eigenvalue weighted by atomic mass is 9.87. The van der Waals surface area contributed by atoms with E-state index in [2.05, 4.69) is 5.32 Å². The van der Waals surface area contributed by atoms with Crippen LogP contribution < -0.4 is 11.1 Å². The molecule has 1 rings (SSSR count). The molecule has 0 saturated heterocycles. The average Bonchev–Trinajstić information content (AvgIpc) is 2.34. The first-order valence-corrected chi connectivity index (χ1v) is 6.53. The zero-order chi connectivity index (χ0) is 15.3. The predicted octanol–water partition coefficient (Wildman–Crippen LogP) is 1.30. The molecule has 20 heavy (non-hydrogen) atoms. The molecule has 0 heterocycles. The summed E-state index contributed by atoms with van der Waals surface area (Å²) in [6, 6.07) is 6.55. The van der Waals surface area contributed by atoms with Crippen molar-refractivity contribution in [2.45, 2.75) is 39.8 Å². The molecule has 5 heteroatoms. The van der Waals surface area contributed by atoms with Crippen molar-refractivity contribution in [3.8, 4) is 0 Å². The highest BCUT2D eigenvalue weighted by molar-refractivity contribution is 5.82. The van der Waals surface area contributed by atoms with Crippen molar-refractivity contribution in [3.05, 3.63) is 35.4 Å². The molecule has 0 aliphatic heterocycles. The molecule has 5 nitrogen and oxygen atoms in total. The first-order valence-electron chi connectivity index (χ1n) is 6.53. The second-order valence-electron chi connectivity index (χ2n) is 5.90. The zero-order valence-electron chi connectivity index (χ0n) is 12.1. The quantitative estimate of drug-likeness (QED) is 0.757. The Hall–Kier alpha value is -1.88. The molecule has 0 aromatic heterocycles. The van der Waals surface area contributed by atoms with Crippen LogP contribution in [0.15, 0.2) is 24.3 Å². The number of carboxylic acids is 1. The van der Waals surface area contributed by atoms with Gasteiger partial charge in [-0.15, -0.1) is 0 Å². The number of aliphatic carboxylic acids is 1. The molecule has 4 N–H and O–H groups in total. The fourth-order valence-electron chi connectivity index (χ4n) is 1.75. The van der Waals surface area contributed by atoms with Crippen LogP contribution in [0.5, 0.6) is 0 Å². The highest BCUT2D eigenvalue weighted by Crippen LogP contribution is 2.17. The average molecular weight is 278 g/mol. The number of nitrogens with one attached hydrogen (secondary N) is 1. The Bertz CT molecular complexity index is 492. The molecule has 1 atom stereocenters. The largest absolute Gasteiger partial charge is 0.481 e. The summed E-state index contributed by atoms with van der Waals surface area (Å²) in [4.78, 5) is 22.7. The Morgan fingerprint density at radius 2 is 1.80 bits per heavy atom. The molecule has 1 aromatic rings. The third-order valence-electron chi connectivity index (χ3n) is 3.13. The Kier molecular flexibility index (Phi) is 5.27. The van der Waals surface area contributed by atoms with Crippen LogP contribution in [-0.4, -0.2) is 23.0 Å². The van der Waals surface area contributed by atoms with Crippen molar-refractivity contribution in [1.29, 1.82) is 0 Å². The van der Waals surface area contributed by atoms with Gasteiger partial charge in [-0.1, -0.05) is 45.0 Å². The van der Waals surface area contributed by atoms with Gasteiger partial charge in [-0.3, -0.25) is 9.59 Å². The molecular formula is C15H22N2O3. The number of nitrogens with two attached hydrogens (primary N) is 1. The number of carboxylic acid groups (broad SMARTS) is 1. The van der Waals surface area contributed by atoms with Gasteiger partial charge in [-0.25, -0.2) is 0 Å². The number of carbonyl (C=O) groups is 2. The summed E-state index contributed by atoms with van der Waals surface area (Å²) in [7, 11) is 0. The number of amides is 1. The van der Waals surface area contributed by atoms with E-state index in [0.29, 0.717) is 5.56 Å². The van der Waals surface area contributed by atoms with E-state index in [-0.39, 0.29) is 24.3 Å². The highest BCUT2D eigenvalue weighted by atomic mass is 16.4. The molecule has 110 valence electrons. The number of benzene rings is 1. The lowest BCUT2D eigenvalue weighted by molar-refractivity contribution is -0.136. The monoisotopic (exact) mass is 278 g/mol. The molecule has 0 aliphatic carbocycles. The van der Waals surface area contributed by atoms with Gasteiger partial charge in [0.05, 0.1) is 12.5 Å². The third kappa shape index (κ3) is 4.66. The summed E-state index contributed by atoms with van der Waals surface area (Å²) in [5.41, 5.74) is 7.05. The molecule has 0 aliphatic rings. The van der Waals surface area contributed by atoms with E-state index in [1.807, 2.05) is 26.8 Å². The Morgan fingerprint density at radius 1 is 1.25 bits per heavy atom. The van der Waals surface area contributed by atoms with Crippen LogP contribution >= 0.6 is 0 Å². The Morgan fingerprint density at radius 3 is 2.30 bits per heavy atom. The summed E-state index contributed by atoms with van der Waals surface area (Å²) in [5, 5.41) is 11.6. The summed E-state index contributed by atoms with van der Waals surface area (Å²) in [6.07, 6.45) is -0.0582.